The first-order valence-corrected chi connectivity index (χ1v) is 11.7. The minimum Gasteiger partial charge on any atom is -0.441 e. The van der Waals surface area contributed by atoms with Crippen LogP contribution in [0.5, 0.6) is 0 Å². The normalized spacial score (nSPS) is 23.7. The molecule has 2 aliphatic carbocycles. The molecule has 34 heavy (non-hydrogen) atoms. The summed E-state index contributed by atoms with van der Waals surface area (Å²) < 4.78 is 6.01. The number of carbonyl (C=O) groups excluding carboxylic acids is 2. The van der Waals surface area contributed by atoms with Crippen molar-refractivity contribution >= 4 is 28.6 Å². The van der Waals surface area contributed by atoms with Crippen LogP contribution >= 0.6 is 0 Å². The number of aromatic nitrogens is 1. The number of rotatable bonds is 2. The highest BCUT2D eigenvalue weighted by Gasteiger charge is 2.39. The number of hydrogen-bond donors (Lipinski definition) is 3. The zero-order valence-corrected chi connectivity index (χ0v) is 18.8. The fraction of sp³-hybridized carbons (Fsp3) is 0.308. The second kappa shape index (κ2) is 8.22. The summed E-state index contributed by atoms with van der Waals surface area (Å²) in [4.78, 5) is 33.2. The van der Waals surface area contributed by atoms with E-state index in [-0.39, 0.29) is 17.9 Å². The van der Waals surface area contributed by atoms with E-state index in [9.17, 15) is 9.59 Å². The summed E-state index contributed by atoms with van der Waals surface area (Å²) in [5, 5.41) is 4.16. The number of amides is 2. The molecule has 2 fully saturated rings. The number of likely N-dealkylation sites (tertiary alicyclic amines) is 1. The van der Waals surface area contributed by atoms with E-state index < -0.39 is 6.10 Å². The van der Waals surface area contributed by atoms with Crippen LogP contribution in [0.3, 0.4) is 0 Å². The molecule has 0 saturated carbocycles. The quantitative estimate of drug-likeness (QED) is 0.602. The van der Waals surface area contributed by atoms with E-state index in [1.807, 2.05) is 42.5 Å². The Morgan fingerprint density at radius 2 is 1.94 bits per heavy atom. The molecule has 2 amide bonds. The molecule has 8 nitrogen and oxygen atoms in total. The van der Waals surface area contributed by atoms with Gasteiger partial charge in [0.2, 0.25) is 0 Å². The van der Waals surface area contributed by atoms with Crippen LogP contribution in [0, 0.1) is 5.92 Å². The zero-order valence-electron chi connectivity index (χ0n) is 18.8. The molecule has 1 aromatic carbocycles. The summed E-state index contributed by atoms with van der Waals surface area (Å²) in [7, 11) is 0. The zero-order chi connectivity index (χ0) is 23.2. The molecule has 0 bridgehead atoms. The highest BCUT2D eigenvalue weighted by Crippen LogP contribution is 2.42. The van der Waals surface area contributed by atoms with Gasteiger partial charge in [-0.05, 0) is 47.9 Å². The number of benzene rings is 1. The van der Waals surface area contributed by atoms with Crippen molar-refractivity contribution < 1.29 is 14.3 Å². The molecule has 6 rings (SSSR count). The SMILES string of the molecule is Nc1ccc2[nH]c(C(=O)N3CCC4=C5C=CC=CC5C(OC(=O)N5CCNCC5)C=C43)cc2c1. The maximum absolute atomic E-state index is 13.5. The highest BCUT2D eigenvalue weighted by molar-refractivity contribution is 6.00. The van der Waals surface area contributed by atoms with E-state index in [1.165, 1.54) is 0 Å². The summed E-state index contributed by atoms with van der Waals surface area (Å²) in [5.41, 5.74) is 11.1. The number of nitrogens with one attached hydrogen (secondary N) is 2. The van der Waals surface area contributed by atoms with Gasteiger partial charge in [0.05, 0.1) is 0 Å². The molecule has 8 heteroatoms. The molecule has 2 atom stereocenters. The third-order valence-corrected chi connectivity index (χ3v) is 7.01. The van der Waals surface area contributed by atoms with Crippen LogP contribution in [0.1, 0.15) is 16.9 Å². The van der Waals surface area contributed by atoms with Gasteiger partial charge in [-0.15, -0.1) is 0 Å². The van der Waals surface area contributed by atoms with Gasteiger partial charge in [-0.1, -0.05) is 24.3 Å². The third-order valence-electron chi connectivity index (χ3n) is 7.01. The molecular weight excluding hydrogens is 430 g/mol. The van der Waals surface area contributed by atoms with E-state index in [1.54, 1.807) is 9.80 Å². The fourth-order valence-electron chi connectivity index (χ4n) is 5.29. The Hall–Kier alpha value is -3.78. The second-order valence-corrected chi connectivity index (χ2v) is 9.08. The number of anilines is 1. The number of aromatic amines is 1. The van der Waals surface area contributed by atoms with Gasteiger partial charge >= 0.3 is 6.09 Å². The summed E-state index contributed by atoms with van der Waals surface area (Å²) in [6.07, 6.45) is 10.1. The summed E-state index contributed by atoms with van der Waals surface area (Å²) >= 11 is 0. The van der Waals surface area contributed by atoms with Crippen molar-refractivity contribution in [2.75, 3.05) is 38.5 Å². The molecule has 4 N–H and O–H groups in total. The van der Waals surface area contributed by atoms with Gasteiger partial charge in [-0.2, -0.15) is 0 Å². The summed E-state index contributed by atoms with van der Waals surface area (Å²) in [6, 6.07) is 7.40. The first kappa shape index (κ1) is 20.8. The van der Waals surface area contributed by atoms with Crippen LogP contribution < -0.4 is 11.1 Å². The molecular formula is C26H27N5O3. The van der Waals surface area contributed by atoms with Crippen molar-refractivity contribution in [3.8, 4) is 0 Å². The lowest BCUT2D eigenvalue weighted by molar-refractivity contribution is 0.0650. The molecule has 174 valence electrons. The molecule has 2 saturated heterocycles. The van der Waals surface area contributed by atoms with Gasteiger partial charge in [-0.3, -0.25) is 4.79 Å². The standard InChI is InChI=1S/C26H27N5O3/c27-17-5-6-21-16(13-17)14-22(29-21)25(32)31-10-7-19-18-3-1-2-4-20(18)24(15-23(19)31)34-26(33)30-11-8-28-9-12-30/h1-6,13-15,20,24,28-29H,7-12,27H2. The van der Waals surface area contributed by atoms with Gasteiger partial charge < -0.3 is 30.6 Å². The third kappa shape index (κ3) is 3.51. The van der Waals surface area contributed by atoms with Crippen LogP contribution in [0.15, 0.2) is 71.5 Å². The number of fused-ring (bicyclic) bond motifs is 3. The van der Waals surface area contributed by atoms with Crippen molar-refractivity contribution in [1.29, 1.82) is 0 Å². The Morgan fingerprint density at radius 1 is 1.09 bits per heavy atom. The smallest absolute Gasteiger partial charge is 0.410 e. The fourth-order valence-corrected chi connectivity index (χ4v) is 5.29. The Bertz CT molecular complexity index is 1290. The molecule has 1 aromatic heterocycles. The highest BCUT2D eigenvalue weighted by atomic mass is 16.6. The Labute approximate surface area is 197 Å². The maximum atomic E-state index is 13.5. The van der Waals surface area contributed by atoms with Crippen LogP contribution in [-0.4, -0.2) is 65.6 Å². The summed E-state index contributed by atoms with van der Waals surface area (Å²) in [5.74, 6) is -0.140. The molecule has 0 spiro atoms. The predicted octanol–water partition coefficient (Wildman–Crippen LogP) is 2.94. The first-order chi connectivity index (χ1) is 16.6. The van der Waals surface area contributed by atoms with Gasteiger partial charge in [0, 0.05) is 60.9 Å². The minimum atomic E-state index is -0.465. The van der Waals surface area contributed by atoms with E-state index in [2.05, 4.69) is 22.5 Å². The lowest BCUT2D eigenvalue weighted by Gasteiger charge is -2.34. The van der Waals surface area contributed by atoms with Crippen molar-refractivity contribution in [3.63, 3.8) is 0 Å². The van der Waals surface area contributed by atoms with E-state index in [0.717, 1.165) is 47.3 Å². The molecule has 0 radical (unpaired) electrons. The van der Waals surface area contributed by atoms with E-state index in [0.29, 0.717) is 31.0 Å². The second-order valence-electron chi connectivity index (χ2n) is 9.08. The van der Waals surface area contributed by atoms with Gasteiger partial charge in [-0.25, -0.2) is 4.79 Å². The molecule has 2 aromatic rings. The lowest BCUT2D eigenvalue weighted by atomic mass is 9.81. The van der Waals surface area contributed by atoms with Crippen LogP contribution in [0.4, 0.5) is 10.5 Å². The number of carbonyl (C=O) groups is 2. The Kier molecular flexibility index (Phi) is 5.03. The topological polar surface area (TPSA) is 104 Å². The van der Waals surface area contributed by atoms with E-state index in [4.69, 9.17) is 10.5 Å². The van der Waals surface area contributed by atoms with E-state index >= 15 is 0 Å². The number of nitrogens with two attached hydrogens (primary N) is 1. The maximum Gasteiger partial charge on any atom is 0.410 e. The Balaban J connectivity index is 1.31. The Morgan fingerprint density at radius 3 is 2.79 bits per heavy atom. The number of allylic oxidation sites excluding steroid dienone is 4. The van der Waals surface area contributed by atoms with Crippen molar-refractivity contribution in [2.24, 2.45) is 5.92 Å². The molecule has 4 aliphatic rings. The summed E-state index contributed by atoms with van der Waals surface area (Å²) in [6.45, 7) is 3.38. The predicted molar refractivity (Wildman–Crippen MR) is 130 cm³/mol. The average molecular weight is 458 g/mol. The minimum absolute atomic E-state index is 0.0401. The van der Waals surface area contributed by atoms with Crippen LogP contribution in [0.25, 0.3) is 10.9 Å². The number of ether oxygens (including phenoxy) is 1. The van der Waals surface area contributed by atoms with Crippen molar-refractivity contribution in [2.45, 2.75) is 12.5 Å². The van der Waals surface area contributed by atoms with Gasteiger partial charge in [0.25, 0.3) is 5.91 Å². The number of piperazine rings is 1. The van der Waals surface area contributed by atoms with Crippen LogP contribution in [0.2, 0.25) is 0 Å². The largest absolute Gasteiger partial charge is 0.441 e. The lowest BCUT2D eigenvalue weighted by Crippen LogP contribution is -2.48. The van der Waals surface area contributed by atoms with Gasteiger partial charge in [0.1, 0.15) is 11.8 Å². The average Bonchev–Trinajstić information content (AvgIpc) is 3.48. The van der Waals surface area contributed by atoms with Crippen molar-refractivity contribution in [1.82, 2.24) is 20.1 Å². The number of H-pyrrole nitrogens is 1. The number of nitrogens with zero attached hydrogens (tertiary/aromatic N) is 2. The monoisotopic (exact) mass is 457 g/mol. The number of nitrogen functional groups attached to an aromatic ring is 1. The molecule has 2 unspecified atom stereocenters. The molecule has 3 heterocycles. The van der Waals surface area contributed by atoms with Crippen molar-refractivity contribution in [3.05, 3.63) is 77.2 Å². The van der Waals surface area contributed by atoms with Gasteiger partial charge in [0.15, 0.2) is 0 Å². The first-order valence-electron chi connectivity index (χ1n) is 11.7. The van der Waals surface area contributed by atoms with Crippen LogP contribution in [-0.2, 0) is 4.74 Å². The number of hydrogen-bond acceptors (Lipinski definition) is 5. The molecule has 2 aliphatic heterocycles.